The van der Waals surface area contributed by atoms with Crippen molar-refractivity contribution in [2.45, 2.75) is 27.2 Å². The molecular formula is C24H32N4O2S. The Morgan fingerprint density at radius 3 is 2.32 bits per heavy atom. The van der Waals surface area contributed by atoms with E-state index in [0.29, 0.717) is 5.65 Å². The number of anilines is 1. The van der Waals surface area contributed by atoms with Crippen LogP contribution in [0.5, 0.6) is 0 Å². The fraction of sp³-hybridized carbons (Fsp3) is 0.458. The predicted molar refractivity (Wildman–Crippen MR) is 128 cm³/mol. The van der Waals surface area contributed by atoms with Gasteiger partial charge in [-0.15, -0.1) is 0 Å². The highest BCUT2D eigenvalue weighted by Crippen LogP contribution is 2.33. The third-order valence-corrected chi connectivity index (χ3v) is 7.94. The summed E-state index contributed by atoms with van der Waals surface area (Å²) in [6, 6.07) is 12.5. The molecule has 1 aliphatic heterocycles. The molecule has 4 rings (SSSR count). The van der Waals surface area contributed by atoms with E-state index >= 15 is 0 Å². The maximum Gasteiger partial charge on any atom is 0.240 e. The van der Waals surface area contributed by atoms with Crippen LogP contribution < -0.4 is 4.90 Å². The zero-order chi connectivity index (χ0) is 22.2. The van der Waals surface area contributed by atoms with Crippen LogP contribution in [0.15, 0.2) is 42.6 Å². The van der Waals surface area contributed by atoms with Gasteiger partial charge in [-0.2, -0.15) is 0 Å². The van der Waals surface area contributed by atoms with Crippen LogP contribution in [0.4, 0.5) is 5.82 Å². The van der Waals surface area contributed by atoms with Crippen molar-refractivity contribution < 1.29 is 8.42 Å². The van der Waals surface area contributed by atoms with Gasteiger partial charge in [0.05, 0.1) is 5.75 Å². The Labute approximate surface area is 185 Å². The molecular weight excluding hydrogens is 408 g/mol. The van der Waals surface area contributed by atoms with E-state index in [-0.39, 0.29) is 11.7 Å². The summed E-state index contributed by atoms with van der Waals surface area (Å²) in [4.78, 5) is 9.43. The smallest absolute Gasteiger partial charge is 0.240 e. The molecule has 0 N–H and O–H groups in total. The number of fused-ring (bicyclic) bond motifs is 1. The van der Waals surface area contributed by atoms with E-state index in [9.17, 15) is 8.42 Å². The van der Waals surface area contributed by atoms with Crippen LogP contribution >= 0.6 is 0 Å². The zero-order valence-electron chi connectivity index (χ0n) is 18.9. The number of hydrogen-bond acceptors (Lipinski definition) is 5. The van der Waals surface area contributed by atoms with Crippen molar-refractivity contribution in [3.63, 3.8) is 0 Å². The average molecular weight is 441 g/mol. The Bertz CT molecular complexity index is 1160. The SMILES string of the molecule is CCc1ccc(-c2cc(N3CCN(C)CC3)nc3c2ccn3S(=O)(=O)CC(C)C)cc1. The quantitative estimate of drug-likeness (QED) is 0.583. The molecule has 2 aromatic heterocycles. The molecule has 1 fully saturated rings. The van der Waals surface area contributed by atoms with Gasteiger partial charge in [0.1, 0.15) is 5.82 Å². The van der Waals surface area contributed by atoms with Gasteiger partial charge in [-0.1, -0.05) is 45.0 Å². The summed E-state index contributed by atoms with van der Waals surface area (Å²) in [6.45, 7) is 9.68. The number of rotatable bonds is 6. The van der Waals surface area contributed by atoms with E-state index in [1.165, 1.54) is 9.54 Å². The second kappa shape index (κ2) is 8.63. The first-order chi connectivity index (χ1) is 14.8. The fourth-order valence-electron chi connectivity index (χ4n) is 4.16. The third-order valence-electron chi connectivity index (χ3n) is 5.95. The molecule has 3 aromatic rings. The van der Waals surface area contributed by atoms with Gasteiger partial charge in [0.15, 0.2) is 5.65 Å². The van der Waals surface area contributed by atoms with Gasteiger partial charge in [-0.05, 0) is 48.2 Å². The van der Waals surface area contributed by atoms with Crippen molar-refractivity contribution in [2.75, 3.05) is 43.9 Å². The summed E-state index contributed by atoms with van der Waals surface area (Å²) in [5, 5.41) is 0.870. The number of piperazine rings is 1. The lowest BCUT2D eigenvalue weighted by atomic mass is 10.0. The van der Waals surface area contributed by atoms with Crippen LogP contribution in [0.1, 0.15) is 26.3 Å². The molecule has 7 heteroatoms. The lowest BCUT2D eigenvalue weighted by Gasteiger charge is -2.33. The highest BCUT2D eigenvalue weighted by Gasteiger charge is 2.23. The normalized spacial score (nSPS) is 15.8. The van der Waals surface area contributed by atoms with Crippen LogP contribution in [0.25, 0.3) is 22.2 Å². The predicted octanol–water partition coefficient (Wildman–Crippen LogP) is 3.85. The van der Waals surface area contributed by atoms with Crippen molar-refractivity contribution in [2.24, 2.45) is 5.92 Å². The molecule has 1 aromatic carbocycles. The molecule has 31 heavy (non-hydrogen) atoms. The van der Waals surface area contributed by atoms with Crippen LogP contribution in [-0.4, -0.2) is 61.3 Å². The Morgan fingerprint density at radius 1 is 1.03 bits per heavy atom. The van der Waals surface area contributed by atoms with E-state index in [0.717, 1.165) is 54.9 Å². The van der Waals surface area contributed by atoms with Crippen molar-refractivity contribution >= 4 is 26.9 Å². The summed E-state index contributed by atoms with van der Waals surface area (Å²) in [5.74, 6) is 0.983. The first-order valence-electron chi connectivity index (χ1n) is 11.1. The van der Waals surface area contributed by atoms with Gasteiger partial charge in [0.2, 0.25) is 10.0 Å². The highest BCUT2D eigenvalue weighted by molar-refractivity contribution is 7.90. The summed E-state index contributed by atoms with van der Waals surface area (Å²) in [5.41, 5.74) is 3.91. The van der Waals surface area contributed by atoms with Gasteiger partial charge in [-0.25, -0.2) is 17.4 Å². The van der Waals surface area contributed by atoms with Crippen LogP contribution in [-0.2, 0) is 16.4 Å². The molecule has 6 nitrogen and oxygen atoms in total. The second-order valence-corrected chi connectivity index (χ2v) is 10.8. The number of pyridine rings is 1. The lowest BCUT2D eigenvalue weighted by Crippen LogP contribution is -2.44. The monoisotopic (exact) mass is 440 g/mol. The summed E-state index contributed by atoms with van der Waals surface area (Å²) >= 11 is 0. The van der Waals surface area contributed by atoms with Gasteiger partial charge in [-0.3, -0.25) is 0 Å². The van der Waals surface area contributed by atoms with Crippen molar-refractivity contribution in [3.05, 3.63) is 48.2 Å². The maximum absolute atomic E-state index is 13.1. The molecule has 0 spiro atoms. The molecule has 0 radical (unpaired) electrons. The van der Waals surface area contributed by atoms with Gasteiger partial charge < -0.3 is 9.80 Å². The molecule has 0 amide bonds. The van der Waals surface area contributed by atoms with Crippen LogP contribution in [0.3, 0.4) is 0 Å². The number of nitrogens with zero attached hydrogens (tertiary/aromatic N) is 4. The fourth-order valence-corrected chi connectivity index (χ4v) is 5.81. The Balaban J connectivity index is 1.88. The van der Waals surface area contributed by atoms with Crippen molar-refractivity contribution in [1.82, 2.24) is 13.9 Å². The summed E-state index contributed by atoms with van der Waals surface area (Å²) < 4.78 is 27.5. The first kappa shape index (κ1) is 21.8. The maximum atomic E-state index is 13.1. The van der Waals surface area contributed by atoms with E-state index in [1.54, 1.807) is 6.20 Å². The molecule has 0 atom stereocenters. The number of benzene rings is 1. The molecule has 0 aliphatic carbocycles. The van der Waals surface area contributed by atoms with Gasteiger partial charge in [0, 0.05) is 37.8 Å². The van der Waals surface area contributed by atoms with Crippen molar-refractivity contribution in [1.29, 1.82) is 0 Å². The van der Waals surface area contributed by atoms with E-state index < -0.39 is 10.0 Å². The highest BCUT2D eigenvalue weighted by atomic mass is 32.2. The largest absolute Gasteiger partial charge is 0.354 e. The number of likely N-dealkylation sites (N-methyl/N-ethyl adjacent to an activating group) is 1. The topological polar surface area (TPSA) is 58.4 Å². The Kier molecular flexibility index (Phi) is 6.08. The minimum atomic E-state index is -3.48. The van der Waals surface area contributed by atoms with Gasteiger partial charge in [0.25, 0.3) is 0 Å². The molecule has 0 bridgehead atoms. The molecule has 3 heterocycles. The zero-order valence-corrected chi connectivity index (χ0v) is 19.7. The summed E-state index contributed by atoms with van der Waals surface area (Å²) in [6.07, 6.45) is 2.65. The minimum absolute atomic E-state index is 0.0457. The third kappa shape index (κ3) is 4.48. The van der Waals surface area contributed by atoms with Crippen molar-refractivity contribution in [3.8, 4) is 11.1 Å². The average Bonchev–Trinajstić information content (AvgIpc) is 3.18. The Morgan fingerprint density at radius 2 is 1.71 bits per heavy atom. The van der Waals surface area contributed by atoms with E-state index in [2.05, 4.69) is 54.1 Å². The van der Waals surface area contributed by atoms with Gasteiger partial charge >= 0.3 is 0 Å². The molecule has 1 saturated heterocycles. The Hall–Kier alpha value is -2.38. The summed E-state index contributed by atoms with van der Waals surface area (Å²) in [7, 11) is -1.36. The molecule has 0 saturated carbocycles. The number of hydrogen-bond donors (Lipinski definition) is 0. The number of aromatic nitrogens is 2. The molecule has 1 aliphatic rings. The lowest BCUT2D eigenvalue weighted by molar-refractivity contribution is 0.312. The van der Waals surface area contributed by atoms with E-state index in [1.807, 2.05) is 19.9 Å². The minimum Gasteiger partial charge on any atom is -0.354 e. The van der Waals surface area contributed by atoms with Crippen LogP contribution in [0.2, 0.25) is 0 Å². The van der Waals surface area contributed by atoms with Crippen LogP contribution in [0, 0.1) is 5.92 Å². The molecule has 166 valence electrons. The first-order valence-corrected chi connectivity index (χ1v) is 12.7. The van der Waals surface area contributed by atoms with E-state index in [4.69, 9.17) is 4.98 Å². The molecule has 0 unspecified atom stereocenters. The number of aryl methyl sites for hydroxylation is 1. The standard InChI is InChI=1S/C24H32N4O2S/c1-5-19-6-8-20(9-7-19)22-16-23(27-14-12-26(4)13-15-27)25-24-21(22)10-11-28(24)31(29,30)17-18(2)3/h6-11,16,18H,5,12-15,17H2,1-4H3. The second-order valence-electron chi connectivity index (χ2n) is 8.89.